The number of benzene rings is 3. The molecule has 0 radical (unpaired) electrons. The maximum Gasteiger partial charge on any atom is 0.335 e. The summed E-state index contributed by atoms with van der Waals surface area (Å²) in [5.41, 5.74) is 3.19. The Morgan fingerprint density at radius 1 is 0.933 bits per heavy atom. The molecule has 8 rings (SSSR count). The van der Waals surface area contributed by atoms with Crippen molar-refractivity contribution in [2.75, 3.05) is 11.5 Å². The molecular formula is C36H34ClIN2O5. The van der Waals surface area contributed by atoms with Gasteiger partial charge < -0.3 is 9.47 Å². The number of urea groups is 1. The Balaban J connectivity index is 1.14. The second-order valence-corrected chi connectivity index (χ2v) is 14.5. The summed E-state index contributed by atoms with van der Waals surface area (Å²) in [6, 6.07) is 18.3. The molecule has 232 valence electrons. The highest BCUT2D eigenvalue weighted by molar-refractivity contribution is 14.1. The third-order valence-electron chi connectivity index (χ3n) is 9.82. The molecule has 0 atom stereocenters. The quantitative estimate of drug-likeness (QED) is 0.144. The molecule has 1 N–H and O–H groups in total. The van der Waals surface area contributed by atoms with Crippen molar-refractivity contribution in [2.45, 2.75) is 57.5 Å². The van der Waals surface area contributed by atoms with Crippen LogP contribution in [0.15, 0.2) is 66.2 Å². The Morgan fingerprint density at radius 3 is 2.20 bits per heavy atom. The van der Waals surface area contributed by atoms with Crippen molar-refractivity contribution < 1.29 is 23.9 Å². The van der Waals surface area contributed by atoms with Gasteiger partial charge in [-0.05, 0) is 150 Å². The summed E-state index contributed by atoms with van der Waals surface area (Å²) in [6.07, 6.45) is 9.20. The third-order valence-corrected chi connectivity index (χ3v) is 10.8. The number of barbiturate groups is 1. The zero-order valence-electron chi connectivity index (χ0n) is 25.0. The second-order valence-electron chi connectivity index (χ2n) is 12.9. The molecule has 0 aromatic heterocycles. The first-order valence-electron chi connectivity index (χ1n) is 15.6. The number of carbonyl (C=O) groups is 3. The number of halogens is 2. The molecule has 7 nitrogen and oxygen atoms in total. The molecule has 3 aromatic rings. The molecule has 0 unspecified atom stereocenters. The molecule has 1 aliphatic heterocycles. The van der Waals surface area contributed by atoms with Crippen LogP contribution in [0.4, 0.5) is 10.5 Å². The highest BCUT2D eigenvalue weighted by Crippen LogP contribution is 2.60. The van der Waals surface area contributed by atoms with Gasteiger partial charge in [-0.25, -0.2) is 9.69 Å². The van der Waals surface area contributed by atoms with E-state index in [2.05, 4.69) is 40.0 Å². The van der Waals surface area contributed by atoms with Crippen LogP contribution >= 0.6 is 34.2 Å². The zero-order valence-corrected chi connectivity index (χ0v) is 27.9. The lowest BCUT2D eigenvalue weighted by molar-refractivity contribution is -0.122. The number of nitrogens with one attached hydrogen (secondary N) is 1. The largest absolute Gasteiger partial charge is 0.490 e. The Hall–Kier alpha value is -3.37. The van der Waals surface area contributed by atoms with Crippen LogP contribution in [0.3, 0.4) is 0 Å². The Labute approximate surface area is 281 Å². The summed E-state index contributed by atoms with van der Waals surface area (Å²) in [5, 5.41) is 2.60. The van der Waals surface area contributed by atoms with Gasteiger partial charge in [0.1, 0.15) is 12.2 Å². The standard InChI is InChI=1S/C36H34ClIN2O5/c1-2-44-31-16-22(15-30(37)32(31)45-20-21-3-7-27(38)8-4-21)14-29-33(41)39-35(43)40(34(29)42)28-9-5-26(6-10-28)36-17-23-11-24(18-36)13-25(12-23)19-36/h3-10,14-16,23-25H,2,11-13,17-20H2,1H3,(H,39,41,43)/b29-14+. The Bertz CT molecular complexity index is 1670. The average Bonchev–Trinajstić information content (AvgIpc) is 2.99. The summed E-state index contributed by atoms with van der Waals surface area (Å²) < 4.78 is 13.0. The van der Waals surface area contributed by atoms with E-state index >= 15 is 0 Å². The van der Waals surface area contributed by atoms with E-state index in [0.29, 0.717) is 29.4 Å². The maximum absolute atomic E-state index is 13.7. The highest BCUT2D eigenvalue weighted by atomic mass is 127. The number of amides is 4. The van der Waals surface area contributed by atoms with E-state index in [9.17, 15) is 14.4 Å². The highest BCUT2D eigenvalue weighted by Gasteiger charge is 2.51. The van der Waals surface area contributed by atoms with Gasteiger partial charge in [-0.2, -0.15) is 0 Å². The predicted molar refractivity (Wildman–Crippen MR) is 181 cm³/mol. The van der Waals surface area contributed by atoms with Gasteiger partial charge in [-0.15, -0.1) is 0 Å². The summed E-state index contributed by atoms with van der Waals surface area (Å²) in [7, 11) is 0. The molecule has 4 saturated carbocycles. The fourth-order valence-corrected chi connectivity index (χ4v) is 8.93. The summed E-state index contributed by atoms with van der Waals surface area (Å²) in [5.74, 6) is 1.74. The number of imide groups is 2. The van der Waals surface area contributed by atoms with E-state index in [1.165, 1.54) is 50.2 Å². The molecule has 3 aromatic carbocycles. The maximum atomic E-state index is 13.7. The van der Waals surface area contributed by atoms with Crippen molar-refractivity contribution in [1.82, 2.24) is 5.32 Å². The normalized spacial score (nSPS) is 26.4. The van der Waals surface area contributed by atoms with Crippen molar-refractivity contribution in [3.8, 4) is 11.5 Å². The first kappa shape index (κ1) is 30.3. The number of nitrogens with zero attached hydrogens (tertiary/aromatic N) is 1. The van der Waals surface area contributed by atoms with Gasteiger partial charge >= 0.3 is 6.03 Å². The first-order chi connectivity index (χ1) is 21.7. The predicted octanol–water partition coefficient (Wildman–Crippen LogP) is 8.06. The number of ether oxygens (including phenoxy) is 2. The molecule has 9 heteroatoms. The van der Waals surface area contributed by atoms with Crippen LogP contribution in [0.25, 0.3) is 6.08 Å². The molecule has 5 aliphatic rings. The van der Waals surface area contributed by atoms with Crippen molar-refractivity contribution in [2.24, 2.45) is 17.8 Å². The van der Waals surface area contributed by atoms with E-state index in [-0.39, 0.29) is 22.6 Å². The van der Waals surface area contributed by atoms with Gasteiger partial charge in [0.05, 0.1) is 17.3 Å². The van der Waals surface area contributed by atoms with Gasteiger partial charge in [0, 0.05) is 3.57 Å². The Kier molecular flexibility index (Phi) is 8.14. The van der Waals surface area contributed by atoms with E-state index < -0.39 is 17.8 Å². The van der Waals surface area contributed by atoms with Gasteiger partial charge in [-0.3, -0.25) is 14.9 Å². The first-order valence-corrected chi connectivity index (χ1v) is 17.0. The fraction of sp³-hybridized carbons (Fsp3) is 0.361. The van der Waals surface area contributed by atoms with Gasteiger partial charge in [-0.1, -0.05) is 35.9 Å². The Morgan fingerprint density at radius 2 is 1.58 bits per heavy atom. The minimum absolute atomic E-state index is 0.175. The monoisotopic (exact) mass is 736 g/mol. The molecule has 1 heterocycles. The van der Waals surface area contributed by atoms with Crippen LogP contribution in [0.1, 0.15) is 62.1 Å². The topological polar surface area (TPSA) is 84.9 Å². The van der Waals surface area contributed by atoms with Crippen LogP contribution < -0.4 is 19.7 Å². The number of rotatable bonds is 8. The number of hydrogen-bond donors (Lipinski definition) is 1. The van der Waals surface area contributed by atoms with Gasteiger partial charge in [0.15, 0.2) is 11.5 Å². The molecule has 1 saturated heterocycles. The number of anilines is 1. The lowest BCUT2D eigenvalue weighted by atomic mass is 9.48. The van der Waals surface area contributed by atoms with Crippen LogP contribution in [0.2, 0.25) is 5.02 Å². The molecule has 0 spiro atoms. The molecule has 5 fully saturated rings. The van der Waals surface area contributed by atoms with Crippen molar-refractivity contribution >= 4 is 63.8 Å². The van der Waals surface area contributed by atoms with E-state index in [1.807, 2.05) is 43.3 Å². The van der Waals surface area contributed by atoms with E-state index in [4.69, 9.17) is 21.1 Å². The fourth-order valence-electron chi connectivity index (χ4n) is 8.30. The van der Waals surface area contributed by atoms with Crippen LogP contribution in [-0.2, 0) is 21.6 Å². The minimum atomic E-state index is -0.767. The summed E-state index contributed by atoms with van der Waals surface area (Å²) in [6.45, 7) is 2.49. The van der Waals surface area contributed by atoms with Gasteiger partial charge in [0.2, 0.25) is 0 Å². The summed E-state index contributed by atoms with van der Waals surface area (Å²) in [4.78, 5) is 40.6. The smallest absolute Gasteiger partial charge is 0.335 e. The molecule has 4 amide bonds. The lowest BCUT2D eigenvalue weighted by Crippen LogP contribution is -2.54. The second kappa shape index (κ2) is 12.1. The average molecular weight is 737 g/mol. The number of carbonyl (C=O) groups excluding carboxylic acids is 3. The minimum Gasteiger partial charge on any atom is -0.490 e. The molecular weight excluding hydrogens is 703 g/mol. The third kappa shape index (κ3) is 5.87. The van der Waals surface area contributed by atoms with Crippen LogP contribution in [0, 0.1) is 21.3 Å². The van der Waals surface area contributed by atoms with E-state index in [0.717, 1.165) is 31.8 Å². The van der Waals surface area contributed by atoms with Gasteiger partial charge in [0.25, 0.3) is 11.8 Å². The number of hydrogen-bond acceptors (Lipinski definition) is 5. The summed E-state index contributed by atoms with van der Waals surface area (Å²) >= 11 is 8.89. The SMILES string of the molecule is CCOc1cc(/C=C2\C(=O)NC(=O)N(c3ccc(C45CC6CC(CC(C6)C4)C5)cc3)C2=O)cc(Cl)c1OCc1ccc(I)cc1. The van der Waals surface area contributed by atoms with E-state index in [1.54, 1.807) is 12.1 Å². The molecule has 4 bridgehead atoms. The molecule has 4 aliphatic carbocycles. The molecule has 45 heavy (non-hydrogen) atoms. The van der Waals surface area contributed by atoms with Crippen molar-refractivity contribution in [1.29, 1.82) is 0 Å². The van der Waals surface area contributed by atoms with Crippen molar-refractivity contribution in [3.05, 3.63) is 91.5 Å². The van der Waals surface area contributed by atoms with Crippen molar-refractivity contribution in [3.63, 3.8) is 0 Å². The lowest BCUT2D eigenvalue weighted by Gasteiger charge is -2.57. The van der Waals surface area contributed by atoms with Crippen LogP contribution in [-0.4, -0.2) is 24.5 Å². The zero-order chi connectivity index (χ0) is 31.3. The van der Waals surface area contributed by atoms with Crippen LogP contribution in [0.5, 0.6) is 11.5 Å².